The minimum atomic E-state index is 0.621. The smallest absolute Gasteiger partial charge is 0.182 e. The van der Waals surface area contributed by atoms with Gasteiger partial charge in [-0.1, -0.05) is 0 Å². The predicted molar refractivity (Wildman–Crippen MR) is 57.2 cm³/mol. The lowest BCUT2D eigenvalue weighted by molar-refractivity contribution is 0.482. The normalized spacial score (nSPS) is 23.5. The van der Waals surface area contributed by atoms with E-state index in [0.717, 1.165) is 12.4 Å². The molecule has 1 unspecified atom stereocenters. The topological polar surface area (TPSA) is 42.1 Å². The van der Waals surface area contributed by atoms with E-state index >= 15 is 0 Å². The Morgan fingerprint density at radius 1 is 1.62 bits per heavy atom. The molecule has 2 heterocycles. The minimum Gasteiger partial charge on any atom is -0.375 e. The van der Waals surface area contributed by atoms with E-state index in [1.165, 1.54) is 30.6 Å². The van der Waals surface area contributed by atoms with Crippen molar-refractivity contribution in [2.45, 2.75) is 32.2 Å². The van der Waals surface area contributed by atoms with Crippen LogP contribution in [0.25, 0.3) is 0 Å². The average molecular weight is 197 g/mol. The van der Waals surface area contributed by atoms with Crippen LogP contribution in [0.4, 0.5) is 10.9 Å². The molecule has 1 atom stereocenters. The van der Waals surface area contributed by atoms with Crippen molar-refractivity contribution in [3.63, 3.8) is 0 Å². The van der Waals surface area contributed by atoms with Crippen LogP contribution < -0.4 is 10.6 Å². The third kappa shape index (κ3) is 1.77. The Hall–Kier alpha value is -0.770. The lowest BCUT2D eigenvalue weighted by Crippen LogP contribution is -2.37. The molecular formula is C9H15N3S. The lowest BCUT2D eigenvalue weighted by atomic mass is 10.0. The Morgan fingerprint density at radius 3 is 3.08 bits per heavy atom. The summed E-state index contributed by atoms with van der Waals surface area (Å²) in [6.45, 7) is 3.39. The molecule has 1 aliphatic heterocycles. The van der Waals surface area contributed by atoms with Crippen LogP contribution in [0.3, 0.4) is 0 Å². The largest absolute Gasteiger partial charge is 0.375 e. The van der Waals surface area contributed by atoms with Gasteiger partial charge in [-0.3, -0.25) is 0 Å². The van der Waals surface area contributed by atoms with Gasteiger partial charge in [0, 0.05) is 18.0 Å². The van der Waals surface area contributed by atoms with E-state index in [0.29, 0.717) is 11.2 Å². The van der Waals surface area contributed by atoms with E-state index in [-0.39, 0.29) is 0 Å². The zero-order valence-electron chi connectivity index (χ0n) is 7.86. The molecular weight excluding hydrogens is 182 g/mol. The first kappa shape index (κ1) is 8.81. The van der Waals surface area contributed by atoms with E-state index in [1.807, 2.05) is 0 Å². The number of rotatable bonds is 1. The molecule has 1 aromatic rings. The lowest BCUT2D eigenvalue weighted by Gasteiger charge is -2.33. The Bertz CT molecular complexity index is 284. The van der Waals surface area contributed by atoms with Crippen molar-refractivity contribution < 1.29 is 0 Å². The molecule has 13 heavy (non-hydrogen) atoms. The van der Waals surface area contributed by atoms with E-state index < -0.39 is 0 Å². The van der Waals surface area contributed by atoms with Crippen molar-refractivity contribution in [3.8, 4) is 0 Å². The highest BCUT2D eigenvalue weighted by Gasteiger charge is 2.19. The van der Waals surface area contributed by atoms with Gasteiger partial charge in [0.25, 0.3) is 0 Å². The highest BCUT2D eigenvalue weighted by atomic mass is 32.1. The van der Waals surface area contributed by atoms with E-state index in [4.69, 9.17) is 5.73 Å². The predicted octanol–water partition coefficient (Wildman–Crippen LogP) is 2.10. The van der Waals surface area contributed by atoms with Gasteiger partial charge in [0.05, 0.1) is 0 Å². The molecule has 0 aliphatic carbocycles. The third-order valence-corrected chi connectivity index (χ3v) is 3.27. The van der Waals surface area contributed by atoms with Gasteiger partial charge in [-0.2, -0.15) is 0 Å². The van der Waals surface area contributed by atoms with Crippen molar-refractivity contribution in [1.29, 1.82) is 0 Å². The number of hydrogen-bond donors (Lipinski definition) is 1. The standard InChI is InChI=1S/C9H15N3S/c1-7-4-2-3-5-12(7)8-6-13-9(10)11-8/h6-7H,2-5H2,1H3,(H2,10,11). The molecule has 2 N–H and O–H groups in total. The van der Waals surface area contributed by atoms with Crippen LogP contribution in [0.1, 0.15) is 26.2 Å². The maximum atomic E-state index is 5.61. The summed E-state index contributed by atoms with van der Waals surface area (Å²) in [7, 11) is 0. The van der Waals surface area contributed by atoms with Crippen LogP contribution in [0, 0.1) is 0 Å². The quantitative estimate of drug-likeness (QED) is 0.749. The summed E-state index contributed by atoms with van der Waals surface area (Å²) in [6, 6.07) is 0.621. The van der Waals surface area contributed by atoms with E-state index in [2.05, 4.69) is 22.2 Å². The van der Waals surface area contributed by atoms with Gasteiger partial charge >= 0.3 is 0 Å². The first-order chi connectivity index (χ1) is 6.27. The fourth-order valence-corrected chi connectivity index (χ4v) is 2.41. The molecule has 1 fully saturated rings. The van der Waals surface area contributed by atoms with E-state index in [9.17, 15) is 0 Å². The summed E-state index contributed by atoms with van der Waals surface area (Å²) in [6.07, 6.45) is 3.90. The second-order valence-corrected chi connectivity index (χ2v) is 4.47. The molecule has 0 amide bonds. The molecule has 3 nitrogen and oxygen atoms in total. The summed E-state index contributed by atoms with van der Waals surface area (Å²) < 4.78 is 0. The first-order valence-electron chi connectivity index (χ1n) is 4.75. The Morgan fingerprint density at radius 2 is 2.46 bits per heavy atom. The molecule has 1 saturated heterocycles. The summed E-state index contributed by atoms with van der Waals surface area (Å²) in [4.78, 5) is 6.66. The second-order valence-electron chi connectivity index (χ2n) is 3.58. The van der Waals surface area contributed by atoms with Crippen LogP contribution in [0.5, 0.6) is 0 Å². The van der Waals surface area contributed by atoms with Gasteiger partial charge in [0.1, 0.15) is 5.82 Å². The summed E-state index contributed by atoms with van der Waals surface area (Å²) >= 11 is 1.53. The van der Waals surface area contributed by atoms with Crippen LogP contribution in [0.2, 0.25) is 0 Å². The number of anilines is 2. The van der Waals surface area contributed by atoms with E-state index in [1.54, 1.807) is 0 Å². The van der Waals surface area contributed by atoms with Crippen LogP contribution in [-0.2, 0) is 0 Å². The van der Waals surface area contributed by atoms with Crippen molar-refractivity contribution in [3.05, 3.63) is 5.38 Å². The van der Waals surface area contributed by atoms with Gasteiger partial charge in [0.15, 0.2) is 5.13 Å². The molecule has 0 bridgehead atoms. The van der Waals surface area contributed by atoms with Gasteiger partial charge in [-0.05, 0) is 26.2 Å². The SMILES string of the molecule is CC1CCCCN1c1csc(N)n1. The number of nitrogens with zero attached hydrogens (tertiary/aromatic N) is 2. The molecule has 72 valence electrons. The Kier molecular flexibility index (Phi) is 2.40. The third-order valence-electron chi connectivity index (χ3n) is 2.61. The highest BCUT2D eigenvalue weighted by Crippen LogP contribution is 2.26. The van der Waals surface area contributed by atoms with Crippen LogP contribution >= 0.6 is 11.3 Å². The molecule has 2 rings (SSSR count). The zero-order chi connectivity index (χ0) is 9.26. The fourth-order valence-electron chi connectivity index (χ4n) is 1.85. The Balaban J connectivity index is 2.14. The molecule has 0 radical (unpaired) electrons. The second kappa shape index (κ2) is 3.54. The number of nitrogens with two attached hydrogens (primary N) is 1. The van der Waals surface area contributed by atoms with Crippen molar-refractivity contribution in [1.82, 2.24) is 4.98 Å². The number of hydrogen-bond acceptors (Lipinski definition) is 4. The fraction of sp³-hybridized carbons (Fsp3) is 0.667. The van der Waals surface area contributed by atoms with Gasteiger partial charge in [-0.15, -0.1) is 11.3 Å². The highest BCUT2D eigenvalue weighted by molar-refractivity contribution is 7.13. The Labute approximate surface area is 82.6 Å². The average Bonchev–Trinajstić information content (AvgIpc) is 2.53. The summed E-state index contributed by atoms with van der Waals surface area (Å²) in [5.74, 6) is 1.06. The molecule has 1 aromatic heterocycles. The molecule has 1 aliphatic rings. The molecule has 0 spiro atoms. The minimum absolute atomic E-state index is 0.621. The van der Waals surface area contributed by atoms with Gasteiger partial charge < -0.3 is 10.6 Å². The zero-order valence-corrected chi connectivity index (χ0v) is 8.68. The van der Waals surface area contributed by atoms with Crippen molar-refractivity contribution in [2.75, 3.05) is 17.2 Å². The van der Waals surface area contributed by atoms with Gasteiger partial charge in [-0.25, -0.2) is 4.98 Å². The van der Waals surface area contributed by atoms with Crippen molar-refractivity contribution >= 4 is 22.3 Å². The summed E-state index contributed by atoms with van der Waals surface area (Å²) in [5, 5.41) is 2.73. The number of thiazole rings is 1. The monoisotopic (exact) mass is 197 g/mol. The molecule has 4 heteroatoms. The number of aromatic nitrogens is 1. The molecule has 0 aromatic carbocycles. The molecule has 0 saturated carbocycles. The number of nitrogen functional groups attached to an aromatic ring is 1. The summed E-state index contributed by atoms with van der Waals surface area (Å²) in [5.41, 5.74) is 5.61. The maximum absolute atomic E-state index is 5.61. The van der Waals surface area contributed by atoms with Crippen LogP contribution in [-0.4, -0.2) is 17.6 Å². The van der Waals surface area contributed by atoms with Gasteiger partial charge in [0.2, 0.25) is 0 Å². The van der Waals surface area contributed by atoms with Crippen molar-refractivity contribution in [2.24, 2.45) is 0 Å². The number of piperidine rings is 1. The first-order valence-corrected chi connectivity index (χ1v) is 5.63. The maximum Gasteiger partial charge on any atom is 0.182 e. The van der Waals surface area contributed by atoms with Crippen LogP contribution in [0.15, 0.2) is 5.38 Å².